The van der Waals surface area contributed by atoms with Gasteiger partial charge in [0.2, 0.25) is 0 Å². The van der Waals surface area contributed by atoms with Gasteiger partial charge in [0.25, 0.3) is 0 Å². The molecule has 9 aromatic carbocycles. The van der Waals surface area contributed by atoms with Crippen molar-refractivity contribution in [3.63, 3.8) is 0 Å². The van der Waals surface area contributed by atoms with E-state index in [1.807, 2.05) is 13.8 Å². The maximum atomic E-state index is 2.42. The number of anilines is 3. The van der Waals surface area contributed by atoms with Gasteiger partial charge in [0, 0.05) is 42.1 Å². The smallest absolute Gasteiger partial charge is 0.0540 e. The minimum absolute atomic E-state index is 1.10. The molecule has 0 N–H and O–H groups in total. The first-order valence-corrected chi connectivity index (χ1v) is 21.8. The van der Waals surface area contributed by atoms with Crippen molar-refractivity contribution in [1.29, 1.82) is 0 Å². The summed E-state index contributed by atoms with van der Waals surface area (Å²) in [5.41, 5.74) is 13.2. The number of fused-ring (bicyclic) bond motifs is 3. The third kappa shape index (κ3) is 6.42. The number of nitrogens with zero attached hydrogens (tertiary/aromatic N) is 1. The molecule has 9 aromatic rings. The molecule has 0 atom stereocenters. The monoisotopic (exact) mass is 763 g/mol. The van der Waals surface area contributed by atoms with Crippen molar-refractivity contribution in [3.05, 3.63) is 237 Å². The van der Waals surface area contributed by atoms with Crippen LogP contribution >= 0.6 is 10.0 Å². The lowest BCUT2D eigenvalue weighted by atomic mass is 9.94. The van der Waals surface area contributed by atoms with Gasteiger partial charge < -0.3 is 4.90 Å². The molecule has 1 aliphatic heterocycles. The fraction of sp³-hybridized carbons (Fsp3) is 0.0357. The van der Waals surface area contributed by atoms with Gasteiger partial charge in [-0.15, -0.1) is 10.0 Å². The fourth-order valence-electron chi connectivity index (χ4n) is 8.46. The molecule has 1 aliphatic rings. The van der Waals surface area contributed by atoms with E-state index in [-0.39, 0.29) is 0 Å². The molecular formula is C56H45NS. The third-order valence-electron chi connectivity index (χ3n) is 10.9. The van der Waals surface area contributed by atoms with Crippen LogP contribution in [0.3, 0.4) is 0 Å². The quantitative estimate of drug-likeness (QED) is 0.149. The summed E-state index contributed by atoms with van der Waals surface area (Å²) < 4.78 is 0. The second-order valence-corrected chi connectivity index (χ2v) is 17.1. The molecule has 280 valence electrons. The number of hydrogen-bond donors (Lipinski definition) is 0. The maximum absolute atomic E-state index is 2.42. The minimum atomic E-state index is -1.75. The van der Waals surface area contributed by atoms with Gasteiger partial charge in [0.15, 0.2) is 0 Å². The van der Waals surface area contributed by atoms with Crippen LogP contribution in [-0.4, -0.2) is 0 Å². The van der Waals surface area contributed by atoms with Crippen molar-refractivity contribution in [2.45, 2.75) is 33.4 Å². The van der Waals surface area contributed by atoms with Gasteiger partial charge in [-0.2, -0.15) is 0 Å². The van der Waals surface area contributed by atoms with Gasteiger partial charge in [-0.1, -0.05) is 184 Å². The highest BCUT2D eigenvalue weighted by molar-refractivity contribution is 8.34. The lowest BCUT2D eigenvalue weighted by molar-refractivity contribution is 1.28. The highest BCUT2D eigenvalue weighted by Gasteiger charge is 2.42. The maximum Gasteiger partial charge on any atom is 0.0540 e. The number of para-hydroxylation sites is 1. The van der Waals surface area contributed by atoms with Gasteiger partial charge in [-0.05, 0) is 100 Å². The van der Waals surface area contributed by atoms with E-state index < -0.39 is 10.0 Å². The summed E-state index contributed by atoms with van der Waals surface area (Å²) in [7, 11) is -1.75. The SMILES string of the molecule is CC.c1ccc(-c2ccc(N(c3cccc(-c4cccc5c4-c4ccccc4S5(c4ccccc4)c4ccccc4)c3)c3ccccc3-c3ccccc3)cc2)cc1. The molecule has 0 aliphatic carbocycles. The zero-order chi connectivity index (χ0) is 39.3. The van der Waals surface area contributed by atoms with Crippen LogP contribution in [0.5, 0.6) is 0 Å². The first kappa shape index (κ1) is 36.7. The van der Waals surface area contributed by atoms with Gasteiger partial charge in [-0.3, -0.25) is 0 Å². The molecule has 0 aromatic heterocycles. The average Bonchev–Trinajstić information content (AvgIpc) is 3.63. The zero-order valence-corrected chi connectivity index (χ0v) is 33.7. The van der Waals surface area contributed by atoms with E-state index in [0.29, 0.717) is 0 Å². The van der Waals surface area contributed by atoms with Crippen LogP contribution in [0.1, 0.15) is 13.8 Å². The Balaban J connectivity index is 0.00000215. The largest absolute Gasteiger partial charge is 0.310 e. The molecule has 10 rings (SSSR count). The second-order valence-electron chi connectivity index (χ2n) is 14.1. The number of hydrogen-bond acceptors (Lipinski definition) is 1. The minimum Gasteiger partial charge on any atom is -0.310 e. The van der Waals surface area contributed by atoms with E-state index in [9.17, 15) is 0 Å². The summed E-state index contributed by atoms with van der Waals surface area (Å²) in [6.07, 6.45) is 0. The van der Waals surface area contributed by atoms with E-state index in [1.165, 1.54) is 64.1 Å². The Morgan fingerprint density at radius 2 is 0.776 bits per heavy atom. The van der Waals surface area contributed by atoms with Crippen LogP contribution in [0.15, 0.2) is 256 Å². The fourth-order valence-corrected chi connectivity index (χ4v) is 12.7. The lowest BCUT2D eigenvalue weighted by Gasteiger charge is -2.39. The van der Waals surface area contributed by atoms with E-state index in [4.69, 9.17) is 0 Å². The van der Waals surface area contributed by atoms with E-state index >= 15 is 0 Å². The van der Waals surface area contributed by atoms with Crippen molar-refractivity contribution in [3.8, 4) is 44.5 Å². The molecule has 2 heteroatoms. The Kier molecular flexibility index (Phi) is 10.3. The van der Waals surface area contributed by atoms with E-state index in [2.05, 4.69) is 241 Å². The molecular weight excluding hydrogens is 719 g/mol. The van der Waals surface area contributed by atoms with Crippen LogP contribution in [0.4, 0.5) is 17.1 Å². The molecule has 0 bridgehead atoms. The summed E-state index contributed by atoms with van der Waals surface area (Å²) in [6.45, 7) is 4.00. The van der Waals surface area contributed by atoms with Gasteiger partial charge >= 0.3 is 0 Å². The Morgan fingerprint density at radius 1 is 0.310 bits per heavy atom. The summed E-state index contributed by atoms with van der Waals surface area (Å²) in [4.78, 5) is 7.91. The summed E-state index contributed by atoms with van der Waals surface area (Å²) in [6, 6.07) is 86.6. The van der Waals surface area contributed by atoms with Crippen LogP contribution in [-0.2, 0) is 0 Å². The molecule has 0 radical (unpaired) electrons. The van der Waals surface area contributed by atoms with Crippen molar-refractivity contribution < 1.29 is 0 Å². The van der Waals surface area contributed by atoms with Gasteiger partial charge in [0.1, 0.15) is 0 Å². The Hall–Kier alpha value is -6.87. The molecule has 58 heavy (non-hydrogen) atoms. The normalized spacial score (nSPS) is 12.7. The van der Waals surface area contributed by atoms with Crippen LogP contribution in [0.2, 0.25) is 0 Å². The predicted molar refractivity (Wildman–Crippen MR) is 248 cm³/mol. The van der Waals surface area contributed by atoms with Crippen molar-refractivity contribution in [2.75, 3.05) is 4.90 Å². The molecule has 0 saturated heterocycles. The Bertz CT molecular complexity index is 2740. The molecule has 0 spiro atoms. The zero-order valence-electron chi connectivity index (χ0n) is 32.9. The molecule has 0 unspecified atom stereocenters. The van der Waals surface area contributed by atoms with Crippen molar-refractivity contribution in [1.82, 2.24) is 0 Å². The summed E-state index contributed by atoms with van der Waals surface area (Å²) >= 11 is 0. The lowest BCUT2D eigenvalue weighted by Crippen LogP contribution is -2.11. The number of benzene rings is 9. The van der Waals surface area contributed by atoms with Crippen LogP contribution in [0, 0.1) is 0 Å². The third-order valence-corrected chi connectivity index (χ3v) is 14.9. The van der Waals surface area contributed by atoms with Crippen molar-refractivity contribution in [2.24, 2.45) is 0 Å². The first-order valence-electron chi connectivity index (χ1n) is 20.2. The number of rotatable bonds is 8. The Labute approximate surface area is 344 Å². The predicted octanol–water partition coefficient (Wildman–Crippen LogP) is 16.5. The van der Waals surface area contributed by atoms with E-state index in [0.717, 1.165) is 17.1 Å². The van der Waals surface area contributed by atoms with Crippen LogP contribution < -0.4 is 4.90 Å². The molecule has 0 amide bonds. The first-order chi connectivity index (χ1) is 28.8. The van der Waals surface area contributed by atoms with Gasteiger partial charge in [-0.25, -0.2) is 0 Å². The van der Waals surface area contributed by atoms with Crippen molar-refractivity contribution >= 4 is 27.1 Å². The van der Waals surface area contributed by atoms with Crippen LogP contribution in [0.25, 0.3) is 44.5 Å². The highest BCUT2D eigenvalue weighted by Crippen LogP contribution is 2.80. The van der Waals surface area contributed by atoms with E-state index in [1.54, 1.807) is 0 Å². The summed E-state index contributed by atoms with van der Waals surface area (Å²) in [5.74, 6) is 0. The molecule has 0 saturated carbocycles. The molecule has 1 heterocycles. The Morgan fingerprint density at radius 3 is 1.43 bits per heavy atom. The average molecular weight is 764 g/mol. The second kappa shape index (κ2) is 16.3. The standard InChI is InChI=1S/C54H39NS.C2H6/c1-5-19-40(20-6-1)41-35-37-44(38-36-41)55(51-32-15-13-29-48(51)42-21-7-2-8-22-42)45-24-17-23-43(39-45)49-31-18-34-53-54(49)50-30-14-16-33-52(50)56(53,46-25-9-3-10-26-46)47-27-11-4-12-28-47;1-2/h1-39H;1-2H3. The molecule has 1 nitrogen and oxygen atoms in total. The summed E-state index contributed by atoms with van der Waals surface area (Å²) in [5, 5.41) is 0. The van der Waals surface area contributed by atoms with Gasteiger partial charge in [0.05, 0.1) is 5.69 Å². The highest BCUT2D eigenvalue weighted by atomic mass is 32.3. The molecule has 0 fully saturated rings. The topological polar surface area (TPSA) is 3.24 Å².